The van der Waals surface area contributed by atoms with Crippen molar-refractivity contribution in [3.05, 3.63) is 41.4 Å². The van der Waals surface area contributed by atoms with Gasteiger partial charge in [-0.25, -0.2) is 4.98 Å². The minimum Gasteiger partial charge on any atom is -0.491 e. The Morgan fingerprint density at radius 2 is 1.93 bits per heavy atom. The van der Waals surface area contributed by atoms with Gasteiger partial charge in [0.2, 0.25) is 11.8 Å². The van der Waals surface area contributed by atoms with E-state index in [-0.39, 0.29) is 23.3 Å². The molecule has 1 atom stereocenters. The van der Waals surface area contributed by atoms with Crippen LogP contribution in [0.4, 0.5) is 5.13 Å². The number of carbonyl (C=O) groups excluding carboxylic acids is 2. The summed E-state index contributed by atoms with van der Waals surface area (Å²) in [5, 5.41) is 8.44. The van der Waals surface area contributed by atoms with Gasteiger partial charge in [0.1, 0.15) is 12.4 Å². The number of nitrogens with zero attached hydrogens (tertiary/aromatic N) is 1. The fraction of sp³-hybridized carbons (Fsp3) is 0.476. The van der Waals surface area contributed by atoms with E-state index in [0.717, 1.165) is 37.0 Å². The molecule has 0 bridgehead atoms. The lowest BCUT2D eigenvalue weighted by Gasteiger charge is -2.36. The van der Waals surface area contributed by atoms with Crippen LogP contribution in [0.3, 0.4) is 0 Å². The second-order valence-corrected chi connectivity index (χ2v) is 8.66. The standard InChI is InChI=1S/C21H25N3O3S/c25-18(23-16-14-27-17-7-3-2-6-15(16)17)12-21(8-4-1-5-9-21)13-19(26)24-20-22-10-11-28-20/h2-3,6-7,10-11,16H,1,4-5,8-9,12-14H2,(H,23,25)(H,22,24,26). The van der Waals surface area contributed by atoms with Crippen LogP contribution in [0.15, 0.2) is 35.8 Å². The van der Waals surface area contributed by atoms with Gasteiger partial charge in [-0.3, -0.25) is 9.59 Å². The highest BCUT2D eigenvalue weighted by Gasteiger charge is 2.37. The van der Waals surface area contributed by atoms with E-state index in [1.54, 1.807) is 6.20 Å². The molecule has 148 valence electrons. The smallest absolute Gasteiger partial charge is 0.226 e. The molecule has 2 aliphatic rings. The average Bonchev–Trinajstić information content (AvgIpc) is 3.32. The van der Waals surface area contributed by atoms with Crippen LogP contribution in [0.25, 0.3) is 0 Å². The van der Waals surface area contributed by atoms with E-state index in [4.69, 9.17) is 4.74 Å². The molecule has 1 saturated carbocycles. The Balaban J connectivity index is 1.40. The van der Waals surface area contributed by atoms with Crippen molar-refractivity contribution in [1.82, 2.24) is 10.3 Å². The number of aromatic nitrogens is 1. The number of benzene rings is 1. The monoisotopic (exact) mass is 399 g/mol. The highest BCUT2D eigenvalue weighted by atomic mass is 32.1. The summed E-state index contributed by atoms with van der Waals surface area (Å²) in [4.78, 5) is 29.6. The second-order valence-electron chi connectivity index (χ2n) is 7.77. The van der Waals surface area contributed by atoms with Crippen molar-refractivity contribution < 1.29 is 14.3 Å². The Bertz CT molecular complexity index is 831. The van der Waals surface area contributed by atoms with Crippen LogP contribution in [-0.4, -0.2) is 23.4 Å². The number of para-hydroxylation sites is 1. The quantitative estimate of drug-likeness (QED) is 0.768. The minimum atomic E-state index is -0.275. The molecule has 0 radical (unpaired) electrons. The lowest BCUT2D eigenvalue weighted by atomic mass is 9.69. The van der Waals surface area contributed by atoms with Gasteiger partial charge in [-0.15, -0.1) is 11.3 Å². The molecule has 1 unspecified atom stereocenters. The second kappa shape index (κ2) is 8.31. The van der Waals surface area contributed by atoms with Gasteiger partial charge in [-0.05, 0) is 24.3 Å². The predicted octanol–water partition coefficient (Wildman–Crippen LogP) is 4.06. The molecule has 1 aromatic carbocycles. The number of anilines is 1. The maximum absolute atomic E-state index is 12.9. The Hall–Kier alpha value is -2.41. The van der Waals surface area contributed by atoms with Gasteiger partial charge in [0, 0.05) is 30.0 Å². The first kappa shape index (κ1) is 18.9. The first-order valence-electron chi connectivity index (χ1n) is 9.84. The van der Waals surface area contributed by atoms with Gasteiger partial charge >= 0.3 is 0 Å². The minimum absolute atomic E-state index is 0.00532. The lowest BCUT2D eigenvalue weighted by molar-refractivity contribution is -0.126. The van der Waals surface area contributed by atoms with E-state index >= 15 is 0 Å². The normalized spacial score (nSPS) is 20.1. The van der Waals surface area contributed by atoms with Crippen molar-refractivity contribution >= 4 is 28.3 Å². The van der Waals surface area contributed by atoms with E-state index in [1.165, 1.54) is 17.8 Å². The summed E-state index contributed by atoms with van der Waals surface area (Å²) in [5.74, 6) is 0.774. The molecule has 7 heteroatoms. The van der Waals surface area contributed by atoms with Crippen molar-refractivity contribution in [2.75, 3.05) is 11.9 Å². The zero-order valence-corrected chi connectivity index (χ0v) is 16.6. The molecule has 1 aromatic heterocycles. The van der Waals surface area contributed by atoms with Gasteiger partial charge < -0.3 is 15.4 Å². The zero-order chi connectivity index (χ0) is 19.4. The van der Waals surface area contributed by atoms with Gasteiger partial charge in [-0.2, -0.15) is 0 Å². The summed E-state index contributed by atoms with van der Waals surface area (Å²) < 4.78 is 5.67. The molecule has 1 aliphatic heterocycles. The van der Waals surface area contributed by atoms with E-state index in [0.29, 0.717) is 24.6 Å². The summed E-state index contributed by atoms with van der Waals surface area (Å²) in [6.45, 7) is 0.461. The van der Waals surface area contributed by atoms with Gasteiger partial charge in [-0.1, -0.05) is 37.5 Å². The van der Waals surface area contributed by atoms with Gasteiger partial charge in [0.05, 0.1) is 6.04 Å². The molecule has 1 fully saturated rings. The molecular weight excluding hydrogens is 374 g/mol. The summed E-state index contributed by atoms with van der Waals surface area (Å²) in [5.41, 5.74) is 0.748. The Labute approximate surface area is 168 Å². The number of thiazole rings is 1. The third-order valence-corrected chi connectivity index (χ3v) is 6.39. The molecule has 4 rings (SSSR count). The molecule has 0 spiro atoms. The predicted molar refractivity (Wildman–Crippen MR) is 108 cm³/mol. The third-order valence-electron chi connectivity index (χ3n) is 5.70. The molecule has 2 N–H and O–H groups in total. The van der Waals surface area contributed by atoms with E-state index < -0.39 is 0 Å². The molecule has 1 aliphatic carbocycles. The summed E-state index contributed by atoms with van der Waals surface area (Å²) in [6.07, 6.45) is 7.51. The van der Waals surface area contributed by atoms with Crippen LogP contribution in [0, 0.1) is 5.41 Å². The fourth-order valence-corrected chi connectivity index (χ4v) is 4.92. The number of ether oxygens (including phenoxy) is 1. The maximum atomic E-state index is 12.9. The zero-order valence-electron chi connectivity index (χ0n) is 15.8. The van der Waals surface area contributed by atoms with Crippen molar-refractivity contribution in [3.63, 3.8) is 0 Å². The molecule has 2 aromatic rings. The van der Waals surface area contributed by atoms with Crippen molar-refractivity contribution in [1.29, 1.82) is 0 Å². The highest BCUT2D eigenvalue weighted by Crippen LogP contribution is 2.43. The number of hydrogen-bond donors (Lipinski definition) is 2. The van der Waals surface area contributed by atoms with E-state index in [1.807, 2.05) is 29.6 Å². The van der Waals surface area contributed by atoms with Gasteiger partial charge in [0.25, 0.3) is 0 Å². The average molecular weight is 400 g/mol. The number of nitrogens with one attached hydrogen (secondary N) is 2. The molecule has 6 nitrogen and oxygen atoms in total. The number of fused-ring (bicyclic) bond motifs is 1. The van der Waals surface area contributed by atoms with Gasteiger partial charge in [0.15, 0.2) is 5.13 Å². The molecular formula is C21H25N3O3S. The van der Waals surface area contributed by atoms with Crippen molar-refractivity contribution in [3.8, 4) is 5.75 Å². The number of carbonyl (C=O) groups is 2. The molecule has 2 amide bonds. The molecule has 28 heavy (non-hydrogen) atoms. The largest absolute Gasteiger partial charge is 0.491 e. The van der Waals surface area contributed by atoms with Crippen LogP contribution >= 0.6 is 11.3 Å². The number of hydrogen-bond acceptors (Lipinski definition) is 5. The van der Waals surface area contributed by atoms with Crippen LogP contribution < -0.4 is 15.4 Å². The van der Waals surface area contributed by atoms with Crippen molar-refractivity contribution in [2.24, 2.45) is 5.41 Å². The van der Waals surface area contributed by atoms with Crippen molar-refractivity contribution in [2.45, 2.75) is 51.0 Å². The van der Waals surface area contributed by atoms with Crippen LogP contribution in [0.5, 0.6) is 5.75 Å². The SMILES string of the molecule is O=C(CC1(CC(=O)NC2COc3ccccc32)CCCCC1)Nc1nccs1. The topological polar surface area (TPSA) is 80.3 Å². The highest BCUT2D eigenvalue weighted by molar-refractivity contribution is 7.13. The molecule has 0 saturated heterocycles. The summed E-state index contributed by atoms with van der Waals surface area (Å²) in [6, 6.07) is 7.69. The lowest BCUT2D eigenvalue weighted by Crippen LogP contribution is -2.38. The van der Waals surface area contributed by atoms with Crippen LogP contribution in [0.2, 0.25) is 0 Å². The summed E-state index contributed by atoms with van der Waals surface area (Å²) >= 11 is 1.40. The Kier molecular flexibility index (Phi) is 5.62. The molecule has 2 heterocycles. The van der Waals surface area contributed by atoms with Crippen LogP contribution in [-0.2, 0) is 9.59 Å². The maximum Gasteiger partial charge on any atom is 0.226 e. The number of amides is 2. The first-order valence-corrected chi connectivity index (χ1v) is 10.7. The Morgan fingerprint density at radius 3 is 2.71 bits per heavy atom. The first-order chi connectivity index (χ1) is 13.6. The fourth-order valence-electron chi connectivity index (χ4n) is 4.38. The van der Waals surface area contributed by atoms with E-state index in [9.17, 15) is 9.59 Å². The Morgan fingerprint density at radius 1 is 1.14 bits per heavy atom. The summed E-state index contributed by atoms with van der Waals surface area (Å²) in [7, 11) is 0. The van der Waals surface area contributed by atoms with E-state index in [2.05, 4.69) is 15.6 Å². The van der Waals surface area contributed by atoms with Crippen LogP contribution in [0.1, 0.15) is 56.6 Å². The number of rotatable bonds is 6. The third kappa shape index (κ3) is 4.35.